The number of rotatable bonds is 5. The number of anilines is 1. The van der Waals surface area contributed by atoms with E-state index in [1.54, 1.807) is 22.9 Å². The maximum Gasteiger partial charge on any atom is 0.238 e. The normalized spacial score (nSPS) is 14.9. The summed E-state index contributed by atoms with van der Waals surface area (Å²) in [6, 6.07) is 4.42. The first-order chi connectivity index (χ1) is 11.0. The first kappa shape index (κ1) is 17.8. The standard InChI is InChI=1S/C15H20BrFN4O2/c1-20(10-15(23)21-6-4-18-5-7-21)9-14(22)19-13-3-2-11(16)8-12(13)17/h2-3,8,18H,4-7,9-10H2,1H3,(H,19,22). The molecule has 6 nitrogen and oxygen atoms in total. The van der Waals surface area contributed by atoms with Gasteiger partial charge in [0.05, 0.1) is 18.8 Å². The van der Waals surface area contributed by atoms with Crippen LogP contribution in [0.25, 0.3) is 0 Å². The number of carbonyl (C=O) groups is 2. The molecule has 1 fully saturated rings. The molecule has 23 heavy (non-hydrogen) atoms. The minimum absolute atomic E-state index is 0.00313. The van der Waals surface area contributed by atoms with E-state index < -0.39 is 5.82 Å². The van der Waals surface area contributed by atoms with E-state index in [-0.39, 0.29) is 30.6 Å². The molecule has 2 N–H and O–H groups in total. The van der Waals surface area contributed by atoms with Crippen LogP contribution in [0, 0.1) is 5.82 Å². The van der Waals surface area contributed by atoms with Gasteiger partial charge in [-0.2, -0.15) is 0 Å². The van der Waals surface area contributed by atoms with Gasteiger partial charge in [0.2, 0.25) is 11.8 Å². The van der Waals surface area contributed by atoms with Crippen molar-refractivity contribution in [2.45, 2.75) is 0 Å². The van der Waals surface area contributed by atoms with Crippen LogP contribution in [0.3, 0.4) is 0 Å². The first-order valence-corrected chi connectivity index (χ1v) is 8.17. The van der Waals surface area contributed by atoms with Crippen molar-refractivity contribution in [1.82, 2.24) is 15.1 Å². The Morgan fingerprint density at radius 2 is 2.04 bits per heavy atom. The highest BCUT2D eigenvalue weighted by molar-refractivity contribution is 9.10. The molecule has 2 rings (SSSR count). The van der Waals surface area contributed by atoms with Gasteiger partial charge in [-0.05, 0) is 25.2 Å². The molecule has 1 aromatic carbocycles. The highest BCUT2D eigenvalue weighted by Crippen LogP contribution is 2.19. The third-order valence-electron chi connectivity index (χ3n) is 3.49. The largest absolute Gasteiger partial charge is 0.339 e. The number of piperazine rings is 1. The lowest BCUT2D eigenvalue weighted by atomic mass is 10.3. The van der Waals surface area contributed by atoms with E-state index in [1.165, 1.54) is 12.1 Å². The third kappa shape index (κ3) is 5.56. The summed E-state index contributed by atoms with van der Waals surface area (Å²) >= 11 is 3.16. The Bertz CT molecular complexity index is 579. The molecular weight excluding hydrogens is 367 g/mol. The summed E-state index contributed by atoms with van der Waals surface area (Å²) in [5.74, 6) is -0.870. The van der Waals surface area contributed by atoms with E-state index in [4.69, 9.17) is 0 Å². The smallest absolute Gasteiger partial charge is 0.238 e. The Balaban J connectivity index is 1.81. The van der Waals surface area contributed by atoms with Gasteiger partial charge in [0.25, 0.3) is 0 Å². The summed E-state index contributed by atoms with van der Waals surface area (Å²) in [6.07, 6.45) is 0. The van der Waals surface area contributed by atoms with Crippen molar-refractivity contribution < 1.29 is 14.0 Å². The average Bonchev–Trinajstić information content (AvgIpc) is 2.50. The second-order valence-corrected chi connectivity index (χ2v) is 6.39. The Kier molecular flexibility index (Phi) is 6.49. The zero-order valence-corrected chi connectivity index (χ0v) is 14.5. The molecule has 1 aliphatic rings. The van der Waals surface area contributed by atoms with Gasteiger partial charge in [-0.25, -0.2) is 4.39 Å². The van der Waals surface area contributed by atoms with Gasteiger partial charge in [-0.15, -0.1) is 0 Å². The van der Waals surface area contributed by atoms with Crippen molar-refractivity contribution in [2.24, 2.45) is 0 Å². The van der Waals surface area contributed by atoms with Crippen molar-refractivity contribution in [3.8, 4) is 0 Å². The Morgan fingerprint density at radius 1 is 1.35 bits per heavy atom. The molecule has 0 aliphatic carbocycles. The Morgan fingerprint density at radius 3 is 2.70 bits per heavy atom. The van der Waals surface area contributed by atoms with Crippen LogP contribution in [0.2, 0.25) is 0 Å². The fourth-order valence-electron chi connectivity index (χ4n) is 2.33. The number of hydrogen-bond donors (Lipinski definition) is 2. The number of carbonyl (C=O) groups excluding carboxylic acids is 2. The van der Waals surface area contributed by atoms with E-state index in [0.717, 1.165) is 13.1 Å². The third-order valence-corrected chi connectivity index (χ3v) is 3.99. The topological polar surface area (TPSA) is 64.7 Å². The van der Waals surface area contributed by atoms with E-state index in [9.17, 15) is 14.0 Å². The van der Waals surface area contributed by atoms with Crippen molar-refractivity contribution >= 4 is 33.4 Å². The van der Waals surface area contributed by atoms with E-state index in [2.05, 4.69) is 26.6 Å². The first-order valence-electron chi connectivity index (χ1n) is 7.37. The zero-order valence-electron chi connectivity index (χ0n) is 12.9. The summed E-state index contributed by atoms with van der Waals surface area (Å²) in [5.41, 5.74) is 0.125. The molecule has 0 atom stereocenters. The lowest BCUT2D eigenvalue weighted by Crippen LogP contribution is -2.49. The van der Waals surface area contributed by atoms with E-state index in [1.807, 2.05) is 0 Å². The molecule has 8 heteroatoms. The van der Waals surface area contributed by atoms with Crippen LogP contribution in [-0.2, 0) is 9.59 Å². The molecule has 0 spiro atoms. The molecule has 2 amide bonds. The van der Waals surface area contributed by atoms with E-state index >= 15 is 0 Å². The fraction of sp³-hybridized carbons (Fsp3) is 0.467. The minimum Gasteiger partial charge on any atom is -0.339 e. The molecule has 0 radical (unpaired) electrons. The number of nitrogens with one attached hydrogen (secondary N) is 2. The lowest BCUT2D eigenvalue weighted by molar-refractivity contribution is -0.133. The predicted molar refractivity (Wildman–Crippen MR) is 89.7 cm³/mol. The summed E-state index contributed by atoms with van der Waals surface area (Å²) in [6.45, 7) is 3.13. The molecule has 1 aromatic rings. The quantitative estimate of drug-likeness (QED) is 0.788. The monoisotopic (exact) mass is 386 g/mol. The van der Waals surface area contributed by atoms with Crippen molar-refractivity contribution in [3.05, 3.63) is 28.5 Å². The van der Waals surface area contributed by atoms with Gasteiger partial charge in [0.15, 0.2) is 0 Å². The number of nitrogens with zero attached hydrogens (tertiary/aromatic N) is 2. The molecule has 0 saturated carbocycles. The highest BCUT2D eigenvalue weighted by Gasteiger charge is 2.19. The van der Waals surface area contributed by atoms with Gasteiger partial charge in [0.1, 0.15) is 5.82 Å². The number of amides is 2. The Labute approximate surface area is 143 Å². The summed E-state index contributed by atoms with van der Waals surface area (Å²) in [5, 5.41) is 5.69. The average molecular weight is 387 g/mol. The van der Waals surface area contributed by atoms with Crippen LogP contribution in [0.15, 0.2) is 22.7 Å². The van der Waals surface area contributed by atoms with Crippen LogP contribution in [0.4, 0.5) is 10.1 Å². The lowest BCUT2D eigenvalue weighted by Gasteiger charge is -2.29. The number of likely N-dealkylation sites (N-methyl/N-ethyl adjacent to an activating group) is 1. The highest BCUT2D eigenvalue weighted by atomic mass is 79.9. The van der Waals surface area contributed by atoms with Crippen molar-refractivity contribution in [3.63, 3.8) is 0 Å². The van der Waals surface area contributed by atoms with Crippen LogP contribution < -0.4 is 10.6 Å². The number of hydrogen-bond acceptors (Lipinski definition) is 4. The molecule has 1 saturated heterocycles. The fourth-order valence-corrected chi connectivity index (χ4v) is 2.66. The summed E-state index contributed by atoms with van der Waals surface area (Å²) in [7, 11) is 1.69. The molecule has 0 aromatic heterocycles. The Hall–Kier alpha value is -1.51. The van der Waals surface area contributed by atoms with Crippen LogP contribution in [0.5, 0.6) is 0 Å². The van der Waals surface area contributed by atoms with Gasteiger partial charge in [-0.3, -0.25) is 14.5 Å². The molecular formula is C15H20BrFN4O2. The maximum absolute atomic E-state index is 13.7. The van der Waals surface area contributed by atoms with Gasteiger partial charge in [-0.1, -0.05) is 15.9 Å². The van der Waals surface area contributed by atoms with Crippen LogP contribution in [0.1, 0.15) is 0 Å². The van der Waals surface area contributed by atoms with Crippen molar-refractivity contribution in [2.75, 3.05) is 51.6 Å². The number of benzene rings is 1. The maximum atomic E-state index is 13.7. The van der Waals surface area contributed by atoms with Crippen LogP contribution >= 0.6 is 15.9 Å². The predicted octanol–water partition coefficient (Wildman–Crippen LogP) is 0.890. The molecule has 126 valence electrons. The molecule has 1 aliphatic heterocycles. The van der Waals surface area contributed by atoms with Gasteiger partial charge < -0.3 is 15.5 Å². The van der Waals surface area contributed by atoms with E-state index in [0.29, 0.717) is 17.6 Å². The summed E-state index contributed by atoms with van der Waals surface area (Å²) < 4.78 is 14.3. The van der Waals surface area contributed by atoms with Gasteiger partial charge in [0, 0.05) is 30.7 Å². The number of halogens is 2. The molecule has 1 heterocycles. The zero-order chi connectivity index (χ0) is 16.8. The molecule has 0 unspecified atom stereocenters. The van der Waals surface area contributed by atoms with Gasteiger partial charge >= 0.3 is 0 Å². The van der Waals surface area contributed by atoms with Crippen LogP contribution in [-0.4, -0.2) is 67.9 Å². The minimum atomic E-state index is -0.507. The molecule has 0 bridgehead atoms. The summed E-state index contributed by atoms with van der Waals surface area (Å²) in [4.78, 5) is 27.4. The second kappa shape index (κ2) is 8.37. The SMILES string of the molecule is CN(CC(=O)Nc1ccc(Br)cc1F)CC(=O)N1CCNCC1. The second-order valence-electron chi connectivity index (χ2n) is 5.48. The van der Waals surface area contributed by atoms with Crippen molar-refractivity contribution in [1.29, 1.82) is 0 Å².